The van der Waals surface area contributed by atoms with Gasteiger partial charge in [0.05, 0.1) is 0 Å². The van der Waals surface area contributed by atoms with E-state index in [9.17, 15) is 9.18 Å². The molecule has 1 amide bonds. The quantitative estimate of drug-likeness (QED) is 0.439. The Morgan fingerprint density at radius 2 is 1.88 bits per heavy atom. The van der Waals surface area contributed by atoms with Crippen LogP contribution in [0.3, 0.4) is 0 Å². The van der Waals surface area contributed by atoms with Crippen molar-refractivity contribution in [1.29, 1.82) is 0 Å². The molecule has 0 aromatic heterocycles. The molecule has 1 unspecified atom stereocenters. The van der Waals surface area contributed by atoms with Gasteiger partial charge in [-0.15, -0.1) is 0 Å². The highest BCUT2D eigenvalue weighted by molar-refractivity contribution is 5.95. The summed E-state index contributed by atoms with van der Waals surface area (Å²) in [6, 6.07) is 14.6. The standard InChI is InChI=1S/C27H30FNO.C2H6/c1-4-22-14-15-23-9-5-6-10-25(23)26(24(22)11-7-8-20(3)28)16-21-13-12-19(2)27(17-21)29-18-30;1-2/h5-7,9-13,16-18,20H,4,8,14-15H2,1-3H3,(H,29,30);1-2H3/b11-7-,26-16+;. The lowest BCUT2D eigenvalue weighted by Crippen LogP contribution is -1.97. The van der Waals surface area contributed by atoms with Crippen molar-refractivity contribution in [1.82, 2.24) is 0 Å². The van der Waals surface area contributed by atoms with Crippen molar-refractivity contribution in [2.24, 2.45) is 0 Å². The third kappa shape index (κ3) is 6.53. The highest BCUT2D eigenvalue weighted by Gasteiger charge is 2.18. The van der Waals surface area contributed by atoms with Crippen LogP contribution in [0.15, 0.2) is 65.8 Å². The first-order valence-corrected chi connectivity index (χ1v) is 11.7. The maximum Gasteiger partial charge on any atom is 0.211 e. The van der Waals surface area contributed by atoms with Crippen molar-refractivity contribution in [3.8, 4) is 0 Å². The van der Waals surface area contributed by atoms with E-state index in [4.69, 9.17) is 0 Å². The number of allylic oxidation sites excluding steroid dienone is 5. The van der Waals surface area contributed by atoms with Gasteiger partial charge in [-0.05, 0) is 85.1 Å². The number of benzene rings is 2. The van der Waals surface area contributed by atoms with E-state index in [-0.39, 0.29) is 0 Å². The summed E-state index contributed by atoms with van der Waals surface area (Å²) in [5, 5.41) is 2.79. The largest absolute Gasteiger partial charge is 0.328 e. The van der Waals surface area contributed by atoms with E-state index in [0.717, 1.165) is 41.6 Å². The minimum Gasteiger partial charge on any atom is -0.328 e. The number of fused-ring (bicyclic) bond motifs is 1. The third-order valence-electron chi connectivity index (χ3n) is 5.63. The Hall–Kier alpha value is -2.94. The molecule has 0 saturated heterocycles. The van der Waals surface area contributed by atoms with Crippen LogP contribution in [0.1, 0.15) is 69.2 Å². The number of amides is 1. The van der Waals surface area contributed by atoms with Gasteiger partial charge in [0, 0.05) is 5.69 Å². The van der Waals surface area contributed by atoms with E-state index in [1.807, 2.05) is 39.0 Å². The predicted octanol–water partition coefficient (Wildman–Crippen LogP) is 8.09. The first kappa shape index (κ1) is 25.3. The van der Waals surface area contributed by atoms with Crippen molar-refractivity contribution < 1.29 is 9.18 Å². The SMILES string of the molecule is CC.CCC1=C(/C=C\CC(C)F)/C(=C\c2ccc(C)c(NC=O)c2)c2ccccc2CC1. The Labute approximate surface area is 193 Å². The molecule has 0 bridgehead atoms. The molecular weight excluding hydrogens is 397 g/mol. The molecule has 2 nitrogen and oxygen atoms in total. The smallest absolute Gasteiger partial charge is 0.211 e. The van der Waals surface area contributed by atoms with Gasteiger partial charge in [-0.3, -0.25) is 4.79 Å². The van der Waals surface area contributed by atoms with Gasteiger partial charge in [-0.25, -0.2) is 4.39 Å². The second-order valence-electron chi connectivity index (χ2n) is 7.84. The molecule has 2 aromatic rings. The van der Waals surface area contributed by atoms with Gasteiger partial charge in [0.1, 0.15) is 6.17 Å². The predicted molar refractivity (Wildman–Crippen MR) is 136 cm³/mol. The van der Waals surface area contributed by atoms with Crippen LogP contribution in [0.4, 0.5) is 10.1 Å². The van der Waals surface area contributed by atoms with Crippen molar-refractivity contribution in [3.05, 3.63) is 88.0 Å². The van der Waals surface area contributed by atoms with Crippen LogP contribution in [-0.4, -0.2) is 12.6 Å². The highest BCUT2D eigenvalue weighted by atomic mass is 19.1. The lowest BCUT2D eigenvalue weighted by molar-refractivity contribution is -0.105. The van der Waals surface area contributed by atoms with Gasteiger partial charge in [0.25, 0.3) is 0 Å². The number of halogens is 1. The van der Waals surface area contributed by atoms with Gasteiger partial charge < -0.3 is 5.32 Å². The maximum atomic E-state index is 13.4. The first-order valence-electron chi connectivity index (χ1n) is 11.7. The van der Waals surface area contributed by atoms with Crippen molar-refractivity contribution in [2.45, 2.75) is 66.5 Å². The van der Waals surface area contributed by atoms with Crippen LogP contribution in [0.5, 0.6) is 0 Å². The Morgan fingerprint density at radius 1 is 1.12 bits per heavy atom. The Bertz CT molecular complexity index is 998. The zero-order valence-electron chi connectivity index (χ0n) is 20.0. The van der Waals surface area contributed by atoms with Gasteiger partial charge in [-0.2, -0.15) is 0 Å². The molecule has 0 spiro atoms. The maximum absolute atomic E-state index is 13.4. The molecule has 32 heavy (non-hydrogen) atoms. The molecular formula is C29H36FNO. The lowest BCUT2D eigenvalue weighted by atomic mass is 9.90. The van der Waals surface area contributed by atoms with Crippen LogP contribution in [-0.2, 0) is 11.2 Å². The van der Waals surface area contributed by atoms with Crippen LogP contribution in [0.2, 0.25) is 0 Å². The lowest BCUT2D eigenvalue weighted by Gasteiger charge is -2.14. The summed E-state index contributed by atoms with van der Waals surface area (Å²) in [6.45, 7) is 9.75. The molecule has 1 atom stereocenters. The summed E-state index contributed by atoms with van der Waals surface area (Å²) < 4.78 is 13.4. The Morgan fingerprint density at radius 3 is 2.56 bits per heavy atom. The van der Waals surface area contributed by atoms with Crippen LogP contribution < -0.4 is 5.32 Å². The van der Waals surface area contributed by atoms with Crippen LogP contribution in [0.25, 0.3) is 11.6 Å². The molecule has 0 radical (unpaired) electrons. The second kappa shape index (κ2) is 12.8. The number of rotatable bonds is 7. The fourth-order valence-corrected chi connectivity index (χ4v) is 3.98. The van der Waals surface area contributed by atoms with Gasteiger partial charge in [0.15, 0.2) is 0 Å². The topological polar surface area (TPSA) is 29.1 Å². The van der Waals surface area contributed by atoms with Gasteiger partial charge in [0.2, 0.25) is 6.41 Å². The van der Waals surface area contributed by atoms with E-state index >= 15 is 0 Å². The normalized spacial score (nSPS) is 15.6. The molecule has 1 N–H and O–H groups in total. The number of nitrogens with one attached hydrogen (secondary N) is 1. The van der Waals surface area contributed by atoms with E-state index in [2.05, 4.69) is 54.7 Å². The Kier molecular flexibility index (Phi) is 10.1. The summed E-state index contributed by atoms with van der Waals surface area (Å²) in [6.07, 6.45) is 9.46. The van der Waals surface area contributed by atoms with Crippen molar-refractivity contribution in [2.75, 3.05) is 5.32 Å². The molecule has 2 aromatic carbocycles. The second-order valence-corrected chi connectivity index (χ2v) is 7.84. The number of carbonyl (C=O) groups is 1. The van der Waals surface area contributed by atoms with E-state index < -0.39 is 6.17 Å². The molecule has 1 aliphatic rings. The minimum absolute atomic E-state index is 0.410. The fourth-order valence-electron chi connectivity index (χ4n) is 3.98. The molecule has 0 aliphatic heterocycles. The summed E-state index contributed by atoms with van der Waals surface area (Å²) in [5.74, 6) is 0. The average Bonchev–Trinajstić information content (AvgIpc) is 2.94. The third-order valence-corrected chi connectivity index (χ3v) is 5.63. The van der Waals surface area contributed by atoms with E-state index in [0.29, 0.717) is 12.8 Å². The van der Waals surface area contributed by atoms with Gasteiger partial charge >= 0.3 is 0 Å². The number of hydrogen-bond acceptors (Lipinski definition) is 1. The fraction of sp³-hybridized carbons (Fsp3) is 0.345. The summed E-state index contributed by atoms with van der Waals surface area (Å²) in [4.78, 5) is 11.0. The molecule has 3 rings (SSSR count). The van der Waals surface area contributed by atoms with Gasteiger partial charge in [-0.1, -0.05) is 74.9 Å². The van der Waals surface area contributed by atoms with Crippen LogP contribution >= 0.6 is 0 Å². The Balaban J connectivity index is 0.00000176. The van der Waals surface area contributed by atoms with Crippen molar-refractivity contribution >= 4 is 23.7 Å². The summed E-state index contributed by atoms with van der Waals surface area (Å²) in [5.41, 5.74) is 9.14. The number of hydrogen-bond donors (Lipinski definition) is 1. The molecule has 0 fully saturated rings. The van der Waals surface area contributed by atoms with E-state index in [1.54, 1.807) is 6.92 Å². The molecule has 0 heterocycles. The zero-order chi connectivity index (χ0) is 23.5. The molecule has 1 aliphatic carbocycles. The molecule has 0 saturated carbocycles. The number of alkyl halides is 1. The number of carbonyl (C=O) groups excluding carboxylic acids is 1. The number of anilines is 1. The average molecular weight is 434 g/mol. The molecule has 170 valence electrons. The minimum atomic E-state index is -0.855. The highest BCUT2D eigenvalue weighted by Crippen LogP contribution is 2.37. The number of aryl methyl sites for hydroxylation is 2. The summed E-state index contributed by atoms with van der Waals surface area (Å²) in [7, 11) is 0. The van der Waals surface area contributed by atoms with Crippen molar-refractivity contribution in [3.63, 3.8) is 0 Å². The monoisotopic (exact) mass is 433 g/mol. The molecule has 3 heteroatoms. The first-order chi connectivity index (χ1) is 15.5. The van der Waals surface area contributed by atoms with Crippen LogP contribution in [0, 0.1) is 6.92 Å². The summed E-state index contributed by atoms with van der Waals surface area (Å²) >= 11 is 0. The zero-order valence-corrected chi connectivity index (χ0v) is 20.0. The van der Waals surface area contributed by atoms with E-state index in [1.165, 1.54) is 22.3 Å².